The van der Waals surface area contributed by atoms with Crippen molar-refractivity contribution in [3.05, 3.63) is 28.8 Å². The molecule has 0 saturated carbocycles. The maximum Gasteiger partial charge on any atom is 0.243 e. The summed E-state index contributed by atoms with van der Waals surface area (Å²) in [5.41, 5.74) is 6.46. The number of hydrogen-bond donors (Lipinski definition) is 3. The number of rotatable bonds is 2. The van der Waals surface area contributed by atoms with Crippen LogP contribution in [-0.2, 0) is 9.59 Å². The number of anilines is 1. The van der Waals surface area contributed by atoms with Crippen LogP contribution in [-0.4, -0.2) is 17.9 Å². The molecule has 17 heavy (non-hydrogen) atoms. The number of carbonyl (C=O) groups is 2. The van der Waals surface area contributed by atoms with Gasteiger partial charge in [0.05, 0.1) is 6.42 Å². The van der Waals surface area contributed by atoms with E-state index in [-0.39, 0.29) is 18.2 Å². The molecular weight excluding hydrogens is 242 g/mol. The lowest BCUT2D eigenvalue weighted by Gasteiger charge is -2.12. The Balaban J connectivity index is 2.08. The number of amides is 2. The highest BCUT2D eigenvalue weighted by Crippen LogP contribution is 2.23. The lowest BCUT2D eigenvalue weighted by Crippen LogP contribution is -2.39. The predicted octanol–water partition coefficient (Wildman–Crippen LogP) is 0.980. The summed E-state index contributed by atoms with van der Waals surface area (Å²) in [6.07, 6.45) is 0.144. The summed E-state index contributed by atoms with van der Waals surface area (Å²) in [5.74, 6) is -0.443. The fraction of sp³-hybridized carbons (Fsp3) is 0.273. The van der Waals surface area contributed by atoms with Crippen LogP contribution in [0.2, 0.25) is 5.02 Å². The summed E-state index contributed by atoms with van der Waals surface area (Å²) in [7, 11) is 0. The summed E-state index contributed by atoms with van der Waals surface area (Å²) >= 11 is 5.95. The van der Waals surface area contributed by atoms with Gasteiger partial charge in [-0.1, -0.05) is 17.7 Å². The quantitative estimate of drug-likeness (QED) is 0.736. The minimum Gasteiger partial charge on any atom is -0.324 e. The smallest absolute Gasteiger partial charge is 0.243 e. The Morgan fingerprint density at radius 3 is 2.94 bits per heavy atom. The summed E-state index contributed by atoms with van der Waals surface area (Å²) in [5, 5.41) is 3.33. The van der Waals surface area contributed by atoms with Crippen molar-refractivity contribution < 1.29 is 9.59 Å². The maximum absolute atomic E-state index is 11.8. The largest absolute Gasteiger partial charge is 0.324 e. The molecule has 90 valence electrons. The molecule has 1 aromatic carbocycles. The second-order valence-corrected chi connectivity index (χ2v) is 4.26. The van der Waals surface area contributed by atoms with Crippen molar-refractivity contribution >= 4 is 29.1 Å². The van der Waals surface area contributed by atoms with Crippen LogP contribution in [0.4, 0.5) is 5.69 Å². The zero-order valence-electron chi connectivity index (χ0n) is 9.21. The third kappa shape index (κ3) is 2.57. The summed E-state index contributed by atoms with van der Waals surface area (Å²) < 4.78 is 0. The second-order valence-electron chi connectivity index (χ2n) is 3.85. The van der Waals surface area contributed by atoms with Gasteiger partial charge < -0.3 is 5.32 Å². The highest BCUT2D eigenvalue weighted by Gasteiger charge is 2.27. The molecule has 1 aromatic rings. The van der Waals surface area contributed by atoms with E-state index in [9.17, 15) is 9.59 Å². The fourth-order valence-electron chi connectivity index (χ4n) is 1.58. The fourth-order valence-corrected chi connectivity index (χ4v) is 1.75. The summed E-state index contributed by atoms with van der Waals surface area (Å²) in [6, 6.07) is 4.74. The average Bonchev–Trinajstić information content (AvgIpc) is 2.72. The maximum atomic E-state index is 11.8. The van der Waals surface area contributed by atoms with E-state index in [4.69, 9.17) is 11.6 Å². The standard InChI is InChI=1S/C11H12ClN3O2/c1-6-7(12)3-2-4-8(6)13-11(17)9-5-10(16)15-14-9/h2-4,9,14H,5H2,1H3,(H,13,17)(H,15,16). The van der Waals surface area contributed by atoms with Gasteiger partial charge in [0.1, 0.15) is 6.04 Å². The molecule has 0 aliphatic carbocycles. The van der Waals surface area contributed by atoms with Crippen molar-refractivity contribution in [2.24, 2.45) is 0 Å². The van der Waals surface area contributed by atoms with E-state index in [1.54, 1.807) is 18.2 Å². The van der Waals surface area contributed by atoms with Crippen molar-refractivity contribution in [2.75, 3.05) is 5.32 Å². The van der Waals surface area contributed by atoms with Crippen LogP contribution >= 0.6 is 11.6 Å². The van der Waals surface area contributed by atoms with Crippen molar-refractivity contribution in [2.45, 2.75) is 19.4 Å². The van der Waals surface area contributed by atoms with Gasteiger partial charge in [-0.3, -0.25) is 15.0 Å². The molecule has 6 heteroatoms. The van der Waals surface area contributed by atoms with Crippen LogP contribution in [0.1, 0.15) is 12.0 Å². The minimum atomic E-state index is -0.541. The van der Waals surface area contributed by atoms with Crippen molar-refractivity contribution in [1.82, 2.24) is 10.9 Å². The molecule has 1 heterocycles. The molecule has 1 atom stereocenters. The molecule has 3 N–H and O–H groups in total. The lowest BCUT2D eigenvalue weighted by atomic mass is 10.1. The first-order chi connectivity index (χ1) is 8.08. The highest BCUT2D eigenvalue weighted by atomic mass is 35.5. The van der Waals surface area contributed by atoms with E-state index in [1.165, 1.54) is 0 Å². The van der Waals surface area contributed by atoms with Crippen LogP contribution in [0, 0.1) is 6.92 Å². The second kappa shape index (κ2) is 4.73. The number of halogens is 1. The molecular formula is C11H12ClN3O2. The van der Waals surface area contributed by atoms with Crippen molar-refractivity contribution in [3.8, 4) is 0 Å². The van der Waals surface area contributed by atoms with Gasteiger partial charge in [-0.2, -0.15) is 0 Å². The normalized spacial score (nSPS) is 18.9. The van der Waals surface area contributed by atoms with Gasteiger partial charge >= 0.3 is 0 Å². The van der Waals surface area contributed by atoms with E-state index in [0.717, 1.165) is 5.56 Å². The average molecular weight is 254 g/mol. The molecule has 0 spiro atoms. The Hall–Kier alpha value is -1.59. The monoisotopic (exact) mass is 253 g/mol. The van der Waals surface area contributed by atoms with Crippen LogP contribution in [0.3, 0.4) is 0 Å². The minimum absolute atomic E-state index is 0.144. The van der Waals surface area contributed by atoms with E-state index in [0.29, 0.717) is 10.7 Å². The van der Waals surface area contributed by atoms with Gasteiger partial charge in [-0.05, 0) is 24.6 Å². The summed E-state index contributed by atoms with van der Waals surface area (Å²) in [6.45, 7) is 1.82. The molecule has 0 bridgehead atoms. The Morgan fingerprint density at radius 1 is 1.53 bits per heavy atom. The molecule has 1 aliphatic rings. The third-order valence-electron chi connectivity index (χ3n) is 2.62. The van der Waals surface area contributed by atoms with Gasteiger partial charge in [0, 0.05) is 10.7 Å². The molecule has 5 nitrogen and oxygen atoms in total. The van der Waals surface area contributed by atoms with Gasteiger partial charge in [0.25, 0.3) is 0 Å². The number of hydrazine groups is 1. The molecule has 0 radical (unpaired) electrons. The van der Waals surface area contributed by atoms with Gasteiger partial charge in [-0.15, -0.1) is 0 Å². The zero-order valence-corrected chi connectivity index (χ0v) is 9.97. The van der Waals surface area contributed by atoms with Crippen molar-refractivity contribution in [3.63, 3.8) is 0 Å². The molecule has 2 amide bonds. The zero-order chi connectivity index (χ0) is 12.4. The summed E-state index contributed by atoms with van der Waals surface area (Å²) in [4.78, 5) is 22.8. The van der Waals surface area contributed by atoms with Crippen LogP contribution < -0.4 is 16.2 Å². The first kappa shape index (κ1) is 11.9. The Bertz CT molecular complexity index is 476. The predicted molar refractivity (Wildman–Crippen MR) is 64.5 cm³/mol. The van der Waals surface area contributed by atoms with Crippen LogP contribution in [0.15, 0.2) is 18.2 Å². The number of nitrogens with one attached hydrogen (secondary N) is 3. The first-order valence-electron chi connectivity index (χ1n) is 5.18. The van der Waals surface area contributed by atoms with E-state index in [2.05, 4.69) is 16.2 Å². The van der Waals surface area contributed by atoms with E-state index >= 15 is 0 Å². The topological polar surface area (TPSA) is 70.2 Å². The SMILES string of the molecule is Cc1c(Cl)cccc1NC(=O)C1CC(=O)NN1. The van der Waals surface area contributed by atoms with Crippen LogP contribution in [0.25, 0.3) is 0 Å². The number of hydrogen-bond acceptors (Lipinski definition) is 3. The number of carbonyl (C=O) groups excluding carboxylic acids is 2. The Morgan fingerprint density at radius 2 is 2.29 bits per heavy atom. The van der Waals surface area contributed by atoms with Gasteiger partial charge in [-0.25, -0.2) is 5.43 Å². The van der Waals surface area contributed by atoms with Gasteiger partial charge in [0.15, 0.2) is 0 Å². The third-order valence-corrected chi connectivity index (χ3v) is 3.03. The molecule has 1 aliphatic heterocycles. The van der Waals surface area contributed by atoms with Crippen LogP contribution in [0.5, 0.6) is 0 Å². The molecule has 1 saturated heterocycles. The molecule has 1 unspecified atom stereocenters. The lowest BCUT2D eigenvalue weighted by molar-refractivity contribution is -0.121. The Kier molecular flexibility index (Phi) is 3.31. The van der Waals surface area contributed by atoms with Gasteiger partial charge in [0.2, 0.25) is 11.8 Å². The molecule has 2 rings (SSSR count). The molecule has 0 aromatic heterocycles. The van der Waals surface area contributed by atoms with Crippen molar-refractivity contribution in [1.29, 1.82) is 0 Å². The Labute approximate surface area is 103 Å². The van der Waals surface area contributed by atoms with E-state index in [1.807, 2.05) is 6.92 Å². The first-order valence-corrected chi connectivity index (χ1v) is 5.56. The molecule has 1 fully saturated rings. The highest BCUT2D eigenvalue weighted by molar-refractivity contribution is 6.31. The van der Waals surface area contributed by atoms with E-state index < -0.39 is 6.04 Å². The number of benzene rings is 1.